The predicted molar refractivity (Wildman–Crippen MR) is 69.8 cm³/mol. The van der Waals surface area contributed by atoms with Crippen molar-refractivity contribution in [3.8, 4) is 0 Å². The number of aromatic amines is 1. The zero-order valence-electron chi connectivity index (χ0n) is 11.2. The Hall–Kier alpha value is -2.05. The van der Waals surface area contributed by atoms with Crippen LogP contribution in [0.5, 0.6) is 0 Å². The van der Waals surface area contributed by atoms with Gasteiger partial charge < -0.3 is 20.7 Å². The molecule has 1 aromatic heterocycles. The number of amides is 2. The van der Waals surface area contributed by atoms with Crippen LogP contribution in [0.3, 0.4) is 0 Å². The van der Waals surface area contributed by atoms with Crippen molar-refractivity contribution >= 4 is 12.0 Å². The number of carboxylic acids is 1. The molecule has 0 aliphatic carbocycles. The summed E-state index contributed by atoms with van der Waals surface area (Å²) in [5, 5.41) is 14.1. The van der Waals surface area contributed by atoms with Crippen LogP contribution in [0.1, 0.15) is 32.4 Å². The number of aliphatic carboxylic acids is 1. The lowest BCUT2D eigenvalue weighted by atomic mass is 9.99. The zero-order chi connectivity index (χ0) is 14.3. The molecule has 106 valence electrons. The van der Waals surface area contributed by atoms with E-state index in [0.29, 0.717) is 19.4 Å². The van der Waals surface area contributed by atoms with Gasteiger partial charge in [0.05, 0.1) is 6.33 Å². The minimum absolute atomic E-state index is 0.0292. The van der Waals surface area contributed by atoms with Crippen LogP contribution in [0.25, 0.3) is 0 Å². The number of carbonyl (C=O) groups excluding carboxylic acids is 1. The quantitative estimate of drug-likeness (QED) is 0.589. The van der Waals surface area contributed by atoms with E-state index in [2.05, 4.69) is 20.6 Å². The zero-order valence-corrected chi connectivity index (χ0v) is 11.2. The summed E-state index contributed by atoms with van der Waals surface area (Å²) in [6, 6.07) is -0.296. The largest absolute Gasteiger partial charge is 0.481 e. The maximum atomic E-state index is 11.6. The van der Waals surface area contributed by atoms with Crippen LogP contribution in [0.15, 0.2) is 12.5 Å². The van der Waals surface area contributed by atoms with Crippen LogP contribution in [-0.4, -0.2) is 39.2 Å². The lowest BCUT2D eigenvalue weighted by Gasteiger charge is -2.25. The van der Waals surface area contributed by atoms with Crippen molar-refractivity contribution < 1.29 is 14.7 Å². The molecule has 19 heavy (non-hydrogen) atoms. The minimum Gasteiger partial charge on any atom is -0.481 e. The van der Waals surface area contributed by atoms with Gasteiger partial charge in [0.25, 0.3) is 0 Å². The molecule has 7 nitrogen and oxygen atoms in total. The summed E-state index contributed by atoms with van der Waals surface area (Å²) in [7, 11) is 0. The van der Waals surface area contributed by atoms with Crippen molar-refractivity contribution in [3.63, 3.8) is 0 Å². The Morgan fingerprint density at radius 3 is 2.79 bits per heavy atom. The fourth-order valence-electron chi connectivity index (χ4n) is 1.57. The van der Waals surface area contributed by atoms with E-state index < -0.39 is 11.5 Å². The summed E-state index contributed by atoms with van der Waals surface area (Å²) < 4.78 is 0. The third-order valence-corrected chi connectivity index (χ3v) is 2.65. The number of H-pyrrole nitrogens is 1. The number of hydrogen-bond acceptors (Lipinski definition) is 3. The number of aromatic nitrogens is 2. The summed E-state index contributed by atoms with van der Waals surface area (Å²) >= 11 is 0. The third-order valence-electron chi connectivity index (χ3n) is 2.65. The van der Waals surface area contributed by atoms with Crippen LogP contribution in [-0.2, 0) is 11.2 Å². The van der Waals surface area contributed by atoms with Crippen LogP contribution < -0.4 is 10.6 Å². The van der Waals surface area contributed by atoms with Gasteiger partial charge in [-0.1, -0.05) is 0 Å². The molecular weight excluding hydrogens is 248 g/mol. The van der Waals surface area contributed by atoms with E-state index in [1.807, 2.05) is 0 Å². The molecule has 0 bridgehead atoms. The van der Waals surface area contributed by atoms with Crippen LogP contribution >= 0.6 is 0 Å². The summed E-state index contributed by atoms with van der Waals surface area (Å²) in [4.78, 5) is 29.0. The van der Waals surface area contributed by atoms with Gasteiger partial charge in [-0.25, -0.2) is 9.78 Å². The number of nitrogens with one attached hydrogen (secondary N) is 3. The molecule has 0 fully saturated rings. The van der Waals surface area contributed by atoms with E-state index in [0.717, 1.165) is 5.69 Å². The lowest BCUT2D eigenvalue weighted by molar-refractivity contribution is -0.137. The van der Waals surface area contributed by atoms with E-state index in [-0.39, 0.29) is 12.5 Å². The second kappa shape index (κ2) is 6.77. The average Bonchev–Trinajstić information content (AvgIpc) is 2.79. The normalized spacial score (nSPS) is 11.1. The Bertz CT molecular complexity index is 415. The molecule has 4 N–H and O–H groups in total. The van der Waals surface area contributed by atoms with E-state index in [1.54, 1.807) is 26.4 Å². The van der Waals surface area contributed by atoms with Crippen molar-refractivity contribution in [2.75, 3.05) is 6.54 Å². The molecule has 0 aliphatic heterocycles. The van der Waals surface area contributed by atoms with Gasteiger partial charge in [0.15, 0.2) is 0 Å². The number of carboxylic acid groups (broad SMARTS) is 1. The minimum atomic E-state index is -0.866. The molecule has 1 aromatic rings. The first-order valence-corrected chi connectivity index (χ1v) is 6.14. The highest BCUT2D eigenvalue weighted by Crippen LogP contribution is 2.10. The highest BCUT2D eigenvalue weighted by molar-refractivity contribution is 5.74. The highest BCUT2D eigenvalue weighted by atomic mass is 16.4. The number of rotatable bonds is 7. The maximum absolute atomic E-state index is 11.6. The lowest BCUT2D eigenvalue weighted by Crippen LogP contribution is -2.48. The van der Waals surface area contributed by atoms with Crippen molar-refractivity contribution in [3.05, 3.63) is 18.2 Å². The van der Waals surface area contributed by atoms with Crippen molar-refractivity contribution in [1.82, 2.24) is 20.6 Å². The molecule has 0 saturated heterocycles. The monoisotopic (exact) mass is 268 g/mol. The number of imidazole rings is 1. The summed E-state index contributed by atoms with van der Waals surface area (Å²) in [5.41, 5.74) is 0.404. The molecule has 2 amide bonds. The van der Waals surface area contributed by atoms with Gasteiger partial charge in [-0.2, -0.15) is 0 Å². The standard InChI is InChI=1S/C12H20N4O3/c1-12(2,5-3-10(17)18)16-11(19)14-6-4-9-7-13-8-15-9/h7-8H,3-6H2,1-2H3,(H,13,15)(H,17,18)(H2,14,16,19). The Balaban J connectivity index is 2.24. The number of urea groups is 1. The fourth-order valence-corrected chi connectivity index (χ4v) is 1.57. The van der Waals surface area contributed by atoms with Crippen molar-refractivity contribution in [2.24, 2.45) is 0 Å². The van der Waals surface area contributed by atoms with Gasteiger partial charge in [-0.15, -0.1) is 0 Å². The first kappa shape index (κ1) is 15.0. The Morgan fingerprint density at radius 2 is 2.21 bits per heavy atom. The average molecular weight is 268 g/mol. The number of carbonyl (C=O) groups is 2. The Morgan fingerprint density at radius 1 is 1.47 bits per heavy atom. The second-order valence-electron chi connectivity index (χ2n) is 4.99. The molecule has 0 saturated carbocycles. The molecule has 1 rings (SSSR count). The SMILES string of the molecule is CC(C)(CCC(=O)O)NC(=O)NCCc1cnc[nH]1. The van der Waals surface area contributed by atoms with Gasteiger partial charge in [-0.3, -0.25) is 4.79 Å². The predicted octanol–water partition coefficient (Wildman–Crippen LogP) is 0.895. The van der Waals surface area contributed by atoms with Gasteiger partial charge in [-0.05, 0) is 20.3 Å². The third kappa shape index (κ3) is 6.44. The molecule has 0 unspecified atom stereocenters. The van der Waals surface area contributed by atoms with Gasteiger partial charge in [0.2, 0.25) is 0 Å². The molecule has 0 aliphatic rings. The number of nitrogens with zero attached hydrogens (tertiary/aromatic N) is 1. The second-order valence-corrected chi connectivity index (χ2v) is 4.99. The van der Waals surface area contributed by atoms with Crippen molar-refractivity contribution in [2.45, 2.75) is 38.6 Å². The summed E-state index contributed by atoms with van der Waals surface area (Å²) in [5.74, 6) is -0.866. The van der Waals surface area contributed by atoms with E-state index >= 15 is 0 Å². The number of hydrogen-bond donors (Lipinski definition) is 4. The molecule has 0 spiro atoms. The van der Waals surface area contributed by atoms with Crippen molar-refractivity contribution in [1.29, 1.82) is 0 Å². The van der Waals surface area contributed by atoms with Crippen LogP contribution in [0.2, 0.25) is 0 Å². The van der Waals surface area contributed by atoms with Crippen LogP contribution in [0.4, 0.5) is 4.79 Å². The Labute approximate surface area is 111 Å². The fraction of sp³-hybridized carbons (Fsp3) is 0.583. The molecule has 0 radical (unpaired) electrons. The van der Waals surface area contributed by atoms with E-state index in [9.17, 15) is 9.59 Å². The molecule has 1 heterocycles. The van der Waals surface area contributed by atoms with E-state index in [4.69, 9.17) is 5.11 Å². The molecule has 0 aromatic carbocycles. The Kier molecular flexibility index (Phi) is 5.35. The highest BCUT2D eigenvalue weighted by Gasteiger charge is 2.21. The molecule has 7 heteroatoms. The maximum Gasteiger partial charge on any atom is 0.315 e. The summed E-state index contributed by atoms with van der Waals surface area (Å²) in [6.45, 7) is 4.08. The topological polar surface area (TPSA) is 107 Å². The summed E-state index contributed by atoms with van der Waals surface area (Å²) in [6.07, 6.45) is 4.38. The molecule has 0 atom stereocenters. The smallest absolute Gasteiger partial charge is 0.315 e. The van der Waals surface area contributed by atoms with Gasteiger partial charge in [0.1, 0.15) is 0 Å². The van der Waals surface area contributed by atoms with Crippen LogP contribution in [0, 0.1) is 0 Å². The van der Waals surface area contributed by atoms with Gasteiger partial charge in [0, 0.05) is 36.8 Å². The van der Waals surface area contributed by atoms with E-state index in [1.165, 1.54) is 0 Å². The first-order valence-electron chi connectivity index (χ1n) is 6.14. The molecular formula is C12H20N4O3. The first-order chi connectivity index (χ1) is 8.89. The van der Waals surface area contributed by atoms with Gasteiger partial charge >= 0.3 is 12.0 Å².